The molecule has 0 aromatic heterocycles. The van der Waals surface area contributed by atoms with Crippen molar-refractivity contribution >= 4 is 27.5 Å². The molecule has 0 heterocycles. The molecular formula is C28H38FN3O5S. The molecule has 2 amide bonds. The predicted octanol–water partition coefficient (Wildman–Crippen LogP) is 4.25. The number of carbonyl (C=O) groups excluding carboxylic acids is 2. The number of methoxy groups -OCH3 is 1. The van der Waals surface area contributed by atoms with Gasteiger partial charge in [-0.15, -0.1) is 0 Å². The number of halogens is 1. The van der Waals surface area contributed by atoms with E-state index in [1.165, 1.54) is 29.5 Å². The van der Waals surface area contributed by atoms with Crippen molar-refractivity contribution in [2.24, 2.45) is 0 Å². The number of amides is 2. The number of nitrogens with zero attached hydrogens (tertiary/aromatic N) is 2. The second-order valence-corrected chi connectivity index (χ2v) is 11.7. The van der Waals surface area contributed by atoms with E-state index in [1.54, 1.807) is 26.2 Å². The normalized spacial score (nSPS) is 14.9. The van der Waals surface area contributed by atoms with Crippen LogP contribution in [0.2, 0.25) is 0 Å². The highest BCUT2D eigenvalue weighted by Crippen LogP contribution is 2.23. The minimum Gasteiger partial charge on any atom is -0.497 e. The van der Waals surface area contributed by atoms with Crippen molar-refractivity contribution in [3.05, 3.63) is 59.9 Å². The summed E-state index contributed by atoms with van der Waals surface area (Å²) in [6.45, 7) is 1.83. The van der Waals surface area contributed by atoms with Crippen LogP contribution in [0.25, 0.3) is 0 Å². The molecule has 0 radical (unpaired) electrons. The van der Waals surface area contributed by atoms with E-state index in [1.807, 2.05) is 18.2 Å². The smallest absolute Gasteiger partial charge is 0.242 e. The first kappa shape index (κ1) is 29.4. The third-order valence-electron chi connectivity index (χ3n) is 6.88. The molecule has 1 aliphatic carbocycles. The molecule has 0 aliphatic heterocycles. The minimum absolute atomic E-state index is 0.00844. The van der Waals surface area contributed by atoms with Crippen molar-refractivity contribution in [2.75, 3.05) is 24.2 Å². The van der Waals surface area contributed by atoms with Crippen LogP contribution in [0.5, 0.6) is 5.75 Å². The Labute approximate surface area is 225 Å². The second kappa shape index (κ2) is 13.6. The summed E-state index contributed by atoms with van der Waals surface area (Å²) in [6.07, 6.45) is 6.33. The number of ether oxygens (including phenoxy) is 1. The lowest BCUT2D eigenvalue weighted by Gasteiger charge is -2.31. The fourth-order valence-corrected chi connectivity index (χ4v) is 5.72. The van der Waals surface area contributed by atoms with Gasteiger partial charge in [0.25, 0.3) is 0 Å². The van der Waals surface area contributed by atoms with Crippen LogP contribution >= 0.6 is 0 Å². The maximum atomic E-state index is 14.3. The molecule has 8 nitrogen and oxygen atoms in total. The molecule has 1 aliphatic rings. The summed E-state index contributed by atoms with van der Waals surface area (Å²) in [5.74, 6) is -0.516. The molecule has 0 bridgehead atoms. The molecule has 1 N–H and O–H groups in total. The zero-order valence-electron chi connectivity index (χ0n) is 22.4. The summed E-state index contributed by atoms with van der Waals surface area (Å²) in [7, 11) is -2.21. The van der Waals surface area contributed by atoms with Crippen LogP contribution in [0, 0.1) is 5.82 Å². The maximum absolute atomic E-state index is 14.3. The van der Waals surface area contributed by atoms with Gasteiger partial charge < -0.3 is 15.0 Å². The highest BCUT2D eigenvalue weighted by atomic mass is 32.2. The van der Waals surface area contributed by atoms with Gasteiger partial charge >= 0.3 is 0 Å². The first-order valence-electron chi connectivity index (χ1n) is 13.0. The molecule has 1 fully saturated rings. The third-order valence-corrected chi connectivity index (χ3v) is 8.06. The highest BCUT2D eigenvalue weighted by molar-refractivity contribution is 7.92. The molecule has 208 valence electrons. The second-order valence-electron chi connectivity index (χ2n) is 9.78. The Balaban J connectivity index is 1.74. The summed E-state index contributed by atoms with van der Waals surface area (Å²) in [4.78, 5) is 28.1. The number of rotatable bonds is 12. The van der Waals surface area contributed by atoms with E-state index < -0.39 is 21.9 Å². The van der Waals surface area contributed by atoms with E-state index >= 15 is 0 Å². The number of sulfonamides is 1. The van der Waals surface area contributed by atoms with Crippen LogP contribution in [-0.2, 0) is 26.2 Å². The average Bonchev–Trinajstić information content (AvgIpc) is 2.90. The van der Waals surface area contributed by atoms with Crippen molar-refractivity contribution in [2.45, 2.75) is 70.5 Å². The number of carbonyl (C=O) groups is 2. The van der Waals surface area contributed by atoms with Gasteiger partial charge in [0.1, 0.15) is 17.6 Å². The standard InChI is InChI=1S/C28H38FN3O5S/c1-21(28(34)30-23-12-5-4-6-13-23)31(20-22-11-9-14-24(19-22)37-2)27(33)17-10-18-32(38(3,35)36)26-16-8-7-15-25(26)29/h7-9,11,14-16,19,21,23H,4-6,10,12-13,17-18,20H2,1-3H3,(H,30,34)/t21-/m0/s1. The highest BCUT2D eigenvalue weighted by Gasteiger charge is 2.28. The molecule has 0 saturated heterocycles. The largest absolute Gasteiger partial charge is 0.497 e. The molecule has 3 rings (SSSR count). The number of para-hydroxylation sites is 1. The minimum atomic E-state index is -3.77. The summed E-state index contributed by atoms with van der Waals surface area (Å²) >= 11 is 0. The van der Waals surface area contributed by atoms with Gasteiger partial charge in [-0.2, -0.15) is 0 Å². The average molecular weight is 548 g/mol. The van der Waals surface area contributed by atoms with Gasteiger partial charge in [0.15, 0.2) is 0 Å². The van der Waals surface area contributed by atoms with Gasteiger partial charge in [-0.05, 0) is 56.0 Å². The number of nitrogens with one attached hydrogen (secondary N) is 1. The van der Waals surface area contributed by atoms with Crippen LogP contribution in [0.3, 0.4) is 0 Å². The topological polar surface area (TPSA) is 96.0 Å². The van der Waals surface area contributed by atoms with Crippen molar-refractivity contribution in [1.82, 2.24) is 10.2 Å². The van der Waals surface area contributed by atoms with E-state index in [2.05, 4.69) is 5.32 Å². The fraction of sp³-hybridized carbons (Fsp3) is 0.500. The molecule has 1 saturated carbocycles. The first-order chi connectivity index (χ1) is 18.1. The Morgan fingerprint density at radius 3 is 2.47 bits per heavy atom. The molecule has 0 unspecified atom stereocenters. The van der Waals surface area contributed by atoms with E-state index in [9.17, 15) is 22.4 Å². The van der Waals surface area contributed by atoms with Crippen LogP contribution in [-0.4, -0.2) is 57.1 Å². The van der Waals surface area contributed by atoms with E-state index in [0.717, 1.165) is 41.8 Å². The van der Waals surface area contributed by atoms with Gasteiger partial charge in [0, 0.05) is 25.6 Å². The van der Waals surface area contributed by atoms with Gasteiger partial charge in [0.2, 0.25) is 21.8 Å². The van der Waals surface area contributed by atoms with E-state index in [4.69, 9.17) is 4.74 Å². The quantitative estimate of drug-likeness (QED) is 0.429. The van der Waals surface area contributed by atoms with Crippen LogP contribution in [0.4, 0.5) is 10.1 Å². The van der Waals surface area contributed by atoms with Crippen LogP contribution in [0.15, 0.2) is 48.5 Å². The molecular weight excluding hydrogens is 509 g/mol. The number of benzene rings is 2. The summed E-state index contributed by atoms with van der Waals surface area (Å²) in [5.41, 5.74) is 0.745. The monoisotopic (exact) mass is 547 g/mol. The third kappa shape index (κ3) is 8.18. The van der Waals surface area contributed by atoms with E-state index in [0.29, 0.717) is 5.75 Å². The van der Waals surface area contributed by atoms with Gasteiger partial charge in [-0.25, -0.2) is 12.8 Å². The molecule has 2 aromatic carbocycles. The lowest BCUT2D eigenvalue weighted by Crippen LogP contribution is -2.50. The Morgan fingerprint density at radius 2 is 1.82 bits per heavy atom. The zero-order chi connectivity index (χ0) is 27.7. The maximum Gasteiger partial charge on any atom is 0.242 e. The number of anilines is 1. The van der Waals surface area contributed by atoms with Crippen LogP contribution < -0.4 is 14.4 Å². The number of hydrogen-bond acceptors (Lipinski definition) is 5. The zero-order valence-corrected chi connectivity index (χ0v) is 23.2. The van der Waals surface area contributed by atoms with Crippen LogP contribution in [0.1, 0.15) is 57.4 Å². The Hall–Kier alpha value is -3.14. The van der Waals surface area contributed by atoms with Crippen molar-refractivity contribution < 1.29 is 27.1 Å². The van der Waals surface area contributed by atoms with Gasteiger partial charge in [-0.3, -0.25) is 13.9 Å². The fourth-order valence-electron chi connectivity index (χ4n) is 4.76. The first-order valence-corrected chi connectivity index (χ1v) is 14.9. The summed E-state index contributed by atoms with van der Waals surface area (Å²) in [6, 6.07) is 12.3. The van der Waals surface area contributed by atoms with Crippen molar-refractivity contribution in [1.29, 1.82) is 0 Å². The van der Waals surface area contributed by atoms with Gasteiger partial charge in [0.05, 0.1) is 19.1 Å². The van der Waals surface area contributed by atoms with Gasteiger partial charge in [-0.1, -0.05) is 43.5 Å². The SMILES string of the molecule is COc1cccc(CN(C(=O)CCCN(c2ccccc2F)S(C)(=O)=O)[C@@H](C)C(=O)NC2CCCCC2)c1. The molecule has 1 atom stereocenters. The predicted molar refractivity (Wildman–Crippen MR) is 146 cm³/mol. The Kier molecular flexibility index (Phi) is 10.5. The van der Waals surface area contributed by atoms with Crippen molar-refractivity contribution in [3.63, 3.8) is 0 Å². The lowest BCUT2D eigenvalue weighted by molar-refractivity contribution is -0.141. The Morgan fingerprint density at radius 1 is 1.11 bits per heavy atom. The molecule has 38 heavy (non-hydrogen) atoms. The van der Waals surface area contributed by atoms with E-state index in [-0.39, 0.29) is 49.5 Å². The summed E-state index contributed by atoms with van der Waals surface area (Å²) < 4.78 is 45.4. The van der Waals surface area contributed by atoms with Crippen molar-refractivity contribution in [3.8, 4) is 5.75 Å². The molecule has 2 aromatic rings. The lowest BCUT2D eigenvalue weighted by atomic mass is 9.95. The Bertz CT molecular complexity index is 1200. The summed E-state index contributed by atoms with van der Waals surface area (Å²) in [5, 5.41) is 3.10. The number of hydrogen-bond donors (Lipinski definition) is 1. The molecule has 10 heteroatoms. The molecule has 0 spiro atoms.